The van der Waals surface area contributed by atoms with E-state index in [-0.39, 0.29) is 24.3 Å². The maximum absolute atomic E-state index is 12.8. The highest BCUT2D eigenvalue weighted by Gasteiger charge is 2.21. The quantitative estimate of drug-likeness (QED) is 0.563. The molecule has 0 aliphatic heterocycles. The maximum atomic E-state index is 12.8. The third kappa shape index (κ3) is 5.10. The molecule has 1 aliphatic rings. The molecule has 0 spiro atoms. The highest BCUT2D eigenvalue weighted by Crippen LogP contribution is 2.24. The second-order valence-corrected chi connectivity index (χ2v) is 8.23. The molecule has 0 saturated heterocycles. The summed E-state index contributed by atoms with van der Waals surface area (Å²) in [6.45, 7) is 0.636. The number of fused-ring (bicyclic) bond motifs is 1. The van der Waals surface area contributed by atoms with Crippen molar-refractivity contribution in [2.45, 2.75) is 45.1 Å². The third-order valence-corrected chi connectivity index (χ3v) is 6.04. The number of ether oxygens (including phenoxy) is 1. The molecule has 0 atom stereocenters. The average molecular weight is 435 g/mol. The second kappa shape index (κ2) is 10.3. The van der Waals surface area contributed by atoms with Crippen molar-refractivity contribution in [1.29, 1.82) is 0 Å². The van der Waals surface area contributed by atoms with Crippen LogP contribution in [0.5, 0.6) is 5.75 Å². The highest BCUT2D eigenvalue weighted by molar-refractivity contribution is 5.93. The number of amides is 2. The number of nitrogens with zero attached hydrogens (tertiary/aromatic N) is 2. The topological polar surface area (TPSA) is 85.2 Å². The molecule has 2 N–H and O–H groups in total. The second-order valence-electron chi connectivity index (χ2n) is 8.23. The van der Waals surface area contributed by atoms with Gasteiger partial charge in [-0.2, -0.15) is 0 Å². The van der Waals surface area contributed by atoms with E-state index in [0.29, 0.717) is 24.4 Å². The van der Waals surface area contributed by atoms with E-state index in [1.54, 1.807) is 7.11 Å². The standard InChI is InChI=1S/C25H30N4O3/c1-32-22-14-8-6-12-20(22)28-24(30)17-29-21-13-7-5-11-19(21)27-23(29)15-16-26-25(31)18-9-3-2-4-10-18/h5-8,11-14,18H,2-4,9-10,15-17H2,1H3,(H,26,31)(H,28,30). The van der Waals surface area contributed by atoms with Crippen LogP contribution in [0.25, 0.3) is 11.0 Å². The molecule has 1 saturated carbocycles. The summed E-state index contributed by atoms with van der Waals surface area (Å²) in [5, 5.41) is 6.00. The molecule has 1 heterocycles. The van der Waals surface area contributed by atoms with Crippen molar-refractivity contribution in [2.24, 2.45) is 5.92 Å². The first-order valence-corrected chi connectivity index (χ1v) is 11.3. The molecule has 0 bridgehead atoms. The first kappa shape index (κ1) is 21.9. The molecule has 32 heavy (non-hydrogen) atoms. The van der Waals surface area contributed by atoms with E-state index >= 15 is 0 Å². The Labute approximate surface area is 188 Å². The number of hydrogen-bond acceptors (Lipinski definition) is 4. The molecule has 0 radical (unpaired) electrons. The Morgan fingerprint density at radius 2 is 1.81 bits per heavy atom. The van der Waals surface area contributed by atoms with Crippen LogP contribution in [0.2, 0.25) is 0 Å². The number of benzene rings is 2. The van der Waals surface area contributed by atoms with Crippen LogP contribution < -0.4 is 15.4 Å². The van der Waals surface area contributed by atoms with Gasteiger partial charge in [0.05, 0.1) is 23.8 Å². The van der Waals surface area contributed by atoms with E-state index in [1.165, 1.54) is 6.42 Å². The predicted octanol–water partition coefficient (Wildman–Crippen LogP) is 3.92. The summed E-state index contributed by atoms with van der Waals surface area (Å²) < 4.78 is 7.25. The molecule has 3 aromatic rings. The van der Waals surface area contributed by atoms with Crippen LogP contribution in [0, 0.1) is 5.92 Å². The lowest BCUT2D eigenvalue weighted by Gasteiger charge is -2.20. The minimum atomic E-state index is -0.162. The summed E-state index contributed by atoms with van der Waals surface area (Å²) in [5.74, 6) is 1.51. The molecule has 2 aromatic carbocycles. The number of carbonyl (C=O) groups is 2. The lowest BCUT2D eigenvalue weighted by atomic mass is 9.89. The van der Waals surface area contributed by atoms with Gasteiger partial charge in [0.25, 0.3) is 0 Å². The minimum absolute atomic E-state index is 0.129. The molecule has 1 aromatic heterocycles. The normalized spacial score (nSPS) is 14.3. The Morgan fingerprint density at radius 3 is 2.62 bits per heavy atom. The van der Waals surface area contributed by atoms with Crippen molar-refractivity contribution in [3.8, 4) is 5.75 Å². The van der Waals surface area contributed by atoms with Crippen molar-refractivity contribution in [3.05, 3.63) is 54.4 Å². The molecule has 4 rings (SSSR count). The molecule has 7 heteroatoms. The van der Waals surface area contributed by atoms with Crippen LogP contribution in [-0.2, 0) is 22.6 Å². The largest absolute Gasteiger partial charge is 0.495 e. The van der Waals surface area contributed by atoms with Gasteiger partial charge in [-0.15, -0.1) is 0 Å². The van der Waals surface area contributed by atoms with Crippen molar-refractivity contribution < 1.29 is 14.3 Å². The van der Waals surface area contributed by atoms with E-state index in [9.17, 15) is 9.59 Å². The summed E-state index contributed by atoms with van der Waals surface area (Å²) in [7, 11) is 1.58. The Balaban J connectivity index is 1.45. The molecule has 7 nitrogen and oxygen atoms in total. The molecule has 0 unspecified atom stereocenters. The van der Waals surface area contributed by atoms with Gasteiger partial charge in [0.2, 0.25) is 11.8 Å². The van der Waals surface area contributed by atoms with E-state index < -0.39 is 0 Å². The maximum Gasteiger partial charge on any atom is 0.244 e. The van der Waals surface area contributed by atoms with Crippen LogP contribution in [-0.4, -0.2) is 35.0 Å². The highest BCUT2D eigenvalue weighted by atomic mass is 16.5. The van der Waals surface area contributed by atoms with Crippen molar-refractivity contribution in [1.82, 2.24) is 14.9 Å². The Hall–Kier alpha value is -3.35. The Morgan fingerprint density at radius 1 is 1.06 bits per heavy atom. The number of imidazole rings is 1. The minimum Gasteiger partial charge on any atom is -0.495 e. The summed E-state index contributed by atoms with van der Waals surface area (Å²) in [6.07, 6.45) is 6.02. The number of aromatic nitrogens is 2. The molecule has 1 fully saturated rings. The number of nitrogens with one attached hydrogen (secondary N) is 2. The number of methoxy groups -OCH3 is 1. The van der Waals surface area contributed by atoms with Crippen molar-refractivity contribution in [3.63, 3.8) is 0 Å². The lowest BCUT2D eigenvalue weighted by molar-refractivity contribution is -0.125. The van der Waals surface area contributed by atoms with Gasteiger partial charge in [-0.25, -0.2) is 4.98 Å². The Kier molecular flexibility index (Phi) is 7.04. The van der Waals surface area contributed by atoms with Crippen LogP contribution >= 0.6 is 0 Å². The first-order valence-electron chi connectivity index (χ1n) is 11.3. The van der Waals surface area contributed by atoms with Gasteiger partial charge in [-0.3, -0.25) is 9.59 Å². The smallest absolute Gasteiger partial charge is 0.244 e. The van der Waals surface area contributed by atoms with Gasteiger partial charge < -0.3 is 19.9 Å². The zero-order valence-corrected chi connectivity index (χ0v) is 18.5. The van der Waals surface area contributed by atoms with Crippen molar-refractivity contribution in [2.75, 3.05) is 19.0 Å². The molecular formula is C25H30N4O3. The fraction of sp³-hybridized carbons (Fsp3) is 0.400. The van der Waals surface area contributed by atoms with Crippen molar-refractivity contribution >= 4 is 28.5 Å². The van der Waals surface area contributed by atoms with E-state index in [2.05, 4.69) is 10.6 Å². The van der Waals surface area contributed by atoms with Gasteiger partial charge in [0.15, 0.2) is 0 Å². The molecule has 168 valence electrons. The van der Waals surface area contributed by atoms with Crippen LogP contribution in [0.3, 0.4) is 0 Å². The monoisotopic (exact) mass is 434 g/mol. The number of rotatable bonds is 8. The average Bonchev–Trinajstić information content (AvgIpc) is 3.17. The summed E-state index contributed by atoms with van der Waals surface area (Å²) in [6, 6.07) is 15.1. The van der Waals surface area contributed by atoms with Crippen LogP contribution in [0.15, 0.2) is 48.5 Å². The van der Waals surface area contributed by atoms with Gasteiger partial charge in [-0.05, 0) is 37.1 Å². The van der Waals surface area contributed by atoms with E-state index in [0.717, 1.165) is 42.5 Å². The van der Waals surface area contributed by atoms with E-state index in [1.807, 2.05) is 53.1 Å². The number of hydrogen-bond donors (Lipinski definition) is 2. The molecular weight excluding hydrogens is 404 g/mol. The van der Waals surface area contributed by atoms with Gasteiger partial charge >= 0.3 is 0 Å². The fourth-order valence-electron chi connectivity index (χ4n) is 4.38. The lowest BCUT2D eigenvalue weighted by Crippen LogP contribution is -2.33. The van der Waals surface area contributed by atoms with Crippen LogP contribution in [0.1, 0.15) is 37.9 Å². The fourth-order valence-corrected chi connectivity index (χ4v) is 4.38. The predicted molar refractivity (Wildman–Crippen MR) is 125 cm³/mol. The summed E-state index contributed by atoms with van der Waals surface area (Å²) in [4.78, 5) is 30.0. The summed E-state index contributed by atoms with van der Waals surface area (Å²) >= 11 is 0. The molecule has 1 aliphatic carbocycles. The van der Waals surface area contributed by atoms with E-state index in [4.69, 9.17) is 9.72 Å². The van der Waals surface area contributed by atoms with Gasteiger partial charge in [0, 0.05) is 18.9 Å². The zero-order chi connectivity index (χ0) is 22.3. The summed E-state index contributed by atoms with van der Waals surface area (Å²) in [5.41, 5.74) is 2.37. The zero-order valence-electron chi connectivity index (χ0n) is 18.5. The third-order valence-electron chi connectivity index (χ3n) is 6.04. The molecule has 2 amide bonds. The first-order chi connectivity index (χ1) is 15.7. The number of anilines is 1. The van der Waals surface area contributed by atoms with Gasteiger partial charge in [-0.1, -0.05) is 43.5 Å². The Bertz CT molecular complexity index is 1090. The van der Waals surface area contributed by atoms with Crippen LogP contribution in [0.4, 0.5) is 5.69 Å². The number of para-hydroxylation sites is 4. The van der Waals surface area contributed by atoms with Gasteiger partial charge in [0.1, 0.15) is 18.1 Å². The number of carbonyl (C=O) groups excluding carboxylic acids is 2. The SMILES string of the molecule is COc1ccccc1NC(=O)Cn1c(CCNC(=O)C2CCCCC2)nc2ccccc21.